The summed E-state index contributed by atoms with van der Waals surface area (Å²) in [5.41, 5.74) is -0.871. The number of amides is 1. The van der Waals surface area contributed by atoms with Crippen LogP contribution in [-0.2, 0) is 11.6 Å². The van der Waals surface area contributed by atoms with E-state index in [1.54, 1.807) is 13.0 Å². The highest BCUT2D eigenvalue weighted by Crippen LogP contribution is 2.50. The molecule has 0 spiro atoms. The Kier molecular flexibility index (Phi) is 5.22. The third-order valence-corrected chi connectivity index (χ3v) is 8.47. The van der Waals surface area contributed by atoms with Gasteiger partial charge in [0.2, 0.25) is 17.5 Å². The first kappa shape index (κ1) is 22.9. The van der Waals surface area contributed by atoms with Gasteiger partial charge in [0.05, 0.1) is 10.6 Å². The number of halogens is 4. The Balaban J connectivity index is 1.28. The van der Waals surface area contributed by atoms with Gasteiger partial charge in [-0.3, -0.25) is 4.79 Å². The van der Waals surface area contributed by atoms with Crippen LogP contribution in [0.5, 0.6) is 0 Å². The summed E-state index contributed by atoms with van der Waals surface area (Å²) in [7, 11) is 0. The zero-order valence-electron chi connectivity index (χ0n) is 19.2. The van der Waals surface area contributed by atoms with Gasteiger partial charge in [-0.2, -0.15) is 13.2 Å². The molecule has 1 aromatic carbocycles. The summed E-state index contributed by atoms with van der Waals surface area (Å²) in [5.74, 6) is 0.709. The average molecular weight is 508 g/mol. The molecule has 2 bridgehead atoms. The number of hydrogen-bond donors (Lipinski definition) is 1. The first-order chi connectivity index (χ1) is 16.6. The molecular formula is C25H25ClF3N3O3. The number of alkyl halides is 3. The van der Waals surface area contributed by atoms with E-state index >= 15 is 0 Å². The minimum absolute atomic E-state index is 0.0683. The number of carbonyl (C=O) groups is 1. The molecule has 0 saturated heterocycles. The van der Waals surface area contributed by atoms with Crippen LogP contribution >= 0.6 is 11.6 Å². The smallest absolute Gasteiger partial charge is 0.420 e. The van der Waals surface area contributed by atoms with Gasteiger partial charge in [-0.15, -0.1) is 10.2 Å². The first-order valence-corrected chi connectivity index (χ1v) is 12.5. The number of fused-ring (bicyclic) bond motifs is 5. The molecule has 0 aliphatic heterocycles. The molecule has 10 heteroatoms. The molecule has 186 valence electrons. The lowest BCUT2D eigenvalue weighted by Gasteiger charge is -2.34. The van der Waals surface area contributed by atoms with Crippen molar-refractivity contribution in [3.05, 3.63) is 45.8 Å². The molecule has 1 unspecified atom stereocenters. The summed E-state index contributed by atoms with van der Waals surface area (Å²) in [6.07, 6.45) is 2.15. The molecule has 2 aromatic heterocycles. The molecule has 35 heavy (non-hydrogen) atoms. The van der Waals surface area contributed by atoms with E-state index < -0.39 is 17.6 Å². The van der Waals surface area contributed by atoms with Crippen molar-refractivity contribution in [1.29, 1.82) is 0 Å². The lowest BCUT2D eigenvalue weighted by atomic mass is 9.71. The van der Waals surface area contributed by atoms with E-state index in [0.717, 1.165) is 51.0 Å². The van der Waals surface area contributed by atoms with Crippen molar-refractivity contribution in [2.45, 2.75) is 81.8 Å². The molecule has 3 aromatic rings. The van der Waals surface area contributed by atoms with Gasteiger partial charge in [0.25, 0.3) is 5.91 Å². The molecule has 4 aliphatic carbocycles. The third kappa shape index (κ3) is 3.92. The Labute approximate surface area is 204 Å². The number of rotatable bonds is 4. The first-order valence-electron chi connectivity index (χ1n) is 12.1. The fraction of sp³-hybridized carbons (Fsp3) is 0.560. The van der Waals surface area contributed by atoms with E-state index in [1.165, 1.54) is 0 Å². The summed E-state index contributed by atoms with van der Waals surface area (Å²) >= 11 is 6.45. The van der Waals surface area contributed by atoms with E-state index in [0.29, 0.717) is 23.8 Å². The minimum Gasteiger partial charge on any atom is -0.449 e. The van der Waals surface area contributed by atoms with Gasteiger partial charge in [0.15, 0.2) is 0 Å². The van der Waals surface area contributed by atoms with Crippen molar-refractivity contribution >= 4 is 28.5 Å². The SMILES string of the molecule is Cc1nnc(C23CCC(CC2)C(NC(=O)c2oc4c(C(F)(F)F)cc(C5CC5)cc4c2Cl)CC3)o1. The van der Waals surface area contributed by atoms with Gasteiger partial charge in [-0.05, 0) is 80.9 Å². The highest BCUT2D eigenvalue weighted by atomic mass is 35.5. The maximum atomic E-state index is 13.8. The zero-order valence-corrected chi connectivity index (χ0v) is 19.9. The summed E-state index contributed by atoms with van der Waals surface area (Å²) in [6, 6.07) is 2.63. The quantitative estimate of drug-likeness (QED) is 0.425. The molecular weight excluding hydrogens is 483 g/mol. The second kappa shape index (κ2) is 7.98. The molecule has 2 heterocycles. The molecule has 0 radical (unpaired) electrons. The normalized spacial score (nSPS) is 26.8. The average Bonchev–Trinajstić information content (AvgIpc) is 3.56. The Morgan fingerprint density at radius 1 is 1.09 bits per heavy atom. The molecule has 4 saturated carbocycles. The van der Waals surface area contributed by atoms with E-state index in [4.69, 9.17) is 20.4 Å². The van der Waals surface area contributed by atoms with Crippen LogP contribution < -0.4 is 5.32 Å². The fourth-order valence-corrected chi connectivity index (χ4v) is 6.24. The van der Waals surface area contributed by atoms with Crippen LogP contribution in [0, 0.1) is 12.8 Å². The minimum atomic E-state index is -4.61. The molecule has 1 amide bonds. The Bertz CT molecular complexity index is 1300. The number of hydrogen-bond acceptors (Lipinski definition) is 5. The van der Waals surface area contributed by atoms with Crippen molar-refractivity contribution in [2.75, 3.05) is 0 Å². The predicted octanol–water partition coefficient (Wildman–Crippen LogP) is 6.69. The van der Waals surface area contributed by atoms with Crippen molar-refractivity contribution in [2.24, 2.45) is 5.92 Å². The van der Waals surface area contributed by atoms with E-state index in [-0.39, 0.29) is 45.0 Å². The third-order valence-electron chi connectivity index (χ3n) is 8.10. The van der Waals surface area contributed by atoms with Gasteiger partial charge in [0.1, 0.15) is 5.58 Å². The highest BCUT2D eigenvalue weighted by molar-refractivity contribution is 6.38. The number of aromatic nitrogens is 2. The molecule has 7 rings (SSSR count). The van der Waals surface area contributed by atoms with Gasteiger partial charge in [0, 0.05) is 23.8 Å². The van der Waals surface area contributed by atoms with Crippen LogP contribution in [0.2, 0.25) is 5.02 Å². The number of carbonyl (C=O) groups excluding carboxylic acids is 1. The van der Waals surface area contributed by atoms with Gasteiger partial charge >= 0.3 is 6.18 Å². The second-order valence-electron chi connectivity index (χ2n) is 10.3. The van der Waals surface area contributed by atoms with Crippen molar-refractivity contribution < 1.29 is 26.8 Å². The van der Waals surface area contributed by atoms with Crippen LogP contribution in [0.25, 0.3) is 11.0 Å². The lowest BCUT2D eigenvalue weighted by Crippen LogP contribution is -2.40. The monoisotopic (exact) mass is 507 g/mol. The van der Waals surface area contributed by atoms with Crippen LogP contribution in [0.3, 0.4) is 0 Å². The van der Waals surface area contributed by atoms with Crippen LogP contribution in [-0.4, -0.2) is 22.1 Å². The second-order valence-corrected chi connectivity index (χ2v) is 10.7. The van der Waals surface area contributed by atoms with Gasteiger partial charge < -0.3 is 14.2 Å². The Morgan fingerprint density at radius 2 is 1.80 bits per heavy atom. The molecule has 4 fully saturated rings. The van der Waals surface area contributed by atoms with Crippen molar-refractivity contribution in [3.8, 4) is 0 Å². The number of nitrogens with one attached hydrogen (secondary N) is 1. The number of furan rings is 1. The van der Waals surface area contributed by atoms with E-state index in [2.05, 4.69) is 15.5 Å². The molecule has 6 nitrogen and oxygen atoms in total. The molecule has 1 atom stereocenters. The molecule has 1 N–H and O–H groups in total. The van der Waals surface area contributed by atoms with Crippen molar-refractivity contribution in [3.63, 3.8) is 0 Å². The van der Waals surface area contributed by atoms with E-state index in [1.807, 2.05) is 0 Å². The van der Waals surface area contributed by atoms with Crippen LogP contribution in [0.1, 0.15) is 90.7 Å². The standard InChI is InChI=1S/C25H25ClF3N3O3/c1-12-31-32-23(34-12)24-7-4-14(5-8-24)18(6-9-24)30-22(33)21-19(26)16-10-15(13-2-3-13)11-17(20(16)35-21)25(27,28)29/h10-11,13-14,18H,2-9H2,1H3,(H,30,33). The lowest BCUT2D eigenvalue weighted by molar-refractivity contribution is -0.136. The van der Waals surface area contributed by atoms with Gasteiger partial charge in [-0.1, -0.05) is 11.6 Å². The largest absolute Gasteiger partial charge is 0.449 e. The number of nitrogens with zero attached hydrogens (tertiary/aromatic N) is 2. The summed E-state index contributed by atoms with van der Waals surface area (Å²) in [5, 5.41) is 11.4. The van der Waals surface area contributed by atoms with E-state index in [9.17, 15) is 18.0 Å². The summed E-state index contributed by atoms with van der Waals surface area (Å²) in [4.78, 5) is 13.2. The number of aryl methyl sites for hydroxylation is 1. The van der Waals surface area contributed by atoms with Gasteiger partial charge in [-0.25, -0.2) is 0 Å². The predicted molar refractivity (Wildman–Crippen MR) is 121 cm³/mol. The maximum absolute atomic E-state index is 13.8. The molecule has 4 aliphatic rings. The fourth-order valence-electron chi connectivity index (χ4n) is 5.97. The summed E-state index contributed by atoms with van der Waals surface area (Å²) in [6.45, 7) is 1.77. The van der Waals surface area contributed by atoms with Crippen LogP contribution in [0.15, 0.2) is 21.0 Å². The Hall–Kier alpha value is -2.55. The summed E-state index contributed by atoms with van der Waals surface area (Å²) < 4.78 is 52.7. The Morgan fingerprint density at radius 3 is 2.43 bits per heavy atom. The van der Waals surface area contributed by atoms with Crippen molar-refractivity contribution in [1.82, 2.24) is 15.5 Å². The zero-order chi connectivity index (χ0) is 24.5. The number of benzene rings is 1. The topological polar surface area (TPSA) is 81.2 Å². The highest BCUT2D eigenvalue weighted by Gasteiger charge is 2.47. The van der Waals surface area contributed by atoms with Crippen LogP contribution in [0.4, 0.5) is 13.2 Å². The maximum Gasteiger partial charge on any atom is 0.420 e.